The second kappa shape index (κ2) is 17.5. The van der Waals surface area contributed by atoms with Gasteiger partial charge in [0.1, 0.15) is 0 Å². The molecule has 0 fully saturated rings. The molecular weight excluding hydrogens is 1130 g/mol. The zero-order chi connectivity index (χ0) is 39.8. The van der Waals surface area contributed by atoms with Crippen LogP contribution >= 0.6 is 0 Å². The van der Waals surface area contributed by atoms with Crippen molar-refractivity contribution in [2.45, 2.75) is 0 Å². The monoisotopic (exact) mass is 1160 g/mol. The summed E-state index contributed by atoms with van der Waals surface area (Å²) < 4.78 is 4.24. The van der Waals surface area contributed by atoms with Crippen molar-refractivity contribution in [3.63, 3.8) is 0 Å². The zero-order valence-corrected chi connectivity index (χ0v) is 37.2. The maximum atomic E-state index is 4.43. The molecular formula is C52H32N8Pt2. The molecule has 0 radical (unpaired) electrons. The largest absolute Gasteiger partial charge is 2.00 e. The van der Waals surface area contributed by atoms with E-state index >= 15 is 0 Å². The molecule has 0 saturated carbocycles. The molecule has 0 unspecified atom stereocenters. The molecule has 0 aliphatic rings. The van der Waals surface area contributed by atoms with E-state index in [4.69, 9.17) is 0 Å². The van der Waals surface area contributed by atoms with Gasteiger partial charge in [0.25, 0.3) is 0 Å². The average molecular weight is 1160 g/mol. The Morgan fingerprint density at radius 2 is 0.742 bits per heavy atom. The van der Waals surface area contributed by atoms with Crippen molar-refractivity contribution in [1.29, 1.82) is 0 Å². The van der Waals surface area contributed by atoms with Crippen LogP contribution in [-0.2, 0) is 42.1 Å². The van der Waals surface area contributed by atoms with E-state index in [0.29, 0.717) is 0 Å². The van der Waals surface area contributed by atoms with Crippen LogP contribution in [0.5, 0.6) is 0 Å². The van der Waals surface area contributed by atoms with Gasteiger partial charge in [0, 0.05) is 35.8 Å². The number of aromatic nitrogens is 8. The summed E-state index contributed by atoms with van der Waals surface area (Å²) >= 11 is 0. The summed E-state index contributed by atoms with van der Waals surface area (Å²) in [7, 11) is 0. The van der Waals surface area contributed by atoms with Crippen LogP contribution < -0.4 is 9.97 Å². The molecule has 8 heterocycles. The van der Waals surface area contributed by atoms with E-state index in [1.807, 2.05) is 97.6 Å². The van der Waals surface area contributed by atoms with Gasteiger partial charge < -0.3 is 28.7 Å². The molecule has 0 aliphatic carbocycles. The van der Waals surface area contributed by atoms with Gasteiger partial charge >= 0.3 is 42.1 Å². The molecule has 0 spiro atoms. The Balaban J connectivity index is 0.000000105. The van der Waals surface area contributed by atoms with Crippen molar-refractivity contribution < 1.29 is 42.1 Å². The summed E-state index contributed by atoms with van der Waals surface area (Å²) in [5.41, 5.74) is 8.04. The first-order valence-electron chi connectivity index (χ1n) is 19.6. The molecule has 0 saturated heterocycles. The third-order valence-corrected chi connectivity index (χ3v) is 10.8. The minimum Gasteiger partial charge on any atom is -0.442 e. The molecule has 0 atom stereocenters. The molecule has 10 heteroatoms. The van der Waals surface area contributed by atoms with Gasteiger partial charge in [-0.15, -0.1) is 59.3 Å². The molecule has 0 bridgehead atoms. The predicted octanol–water partition coefficient (Wildman–Crippen LogP) is 11.6. The number of nitrogens with zero attached hydrogens (tertiary/aromatic N) is 8. The first kappa shape index (κ1) is 40.4. The SMILES string of the molecule is [Pt+2].[Pt+2].[c-]1cccc2c1c1nccn1c1ccccc21.[c-]1cccc2c1c1nccn1c1ccccc21.c1ccc2c(c1)[n-]c1ncccc12.c1ccc2c(c1)[n-]c1ncccc12. The van der Waals surface area contributed by atoms with Crippen molar-refractivity contribution >= 4 is 98.5 Å². The molecule has 14 rings (SSSR count). The van der Waals surface area contributed by atoms with Crippen LogP contribution in [0.3, 0.4) is 0 Å². The maximum absolute atomic E-state index is 4.43. The summed E-state index contributed by atoms with van der Waals surface area (Å²) in [6.45, 7) is 0. The van der Waals surface area contributed by atoms with Gasteiger partial charge in [-0.25, -0.2) is 0 Å². The molecule has 0 N–H and O–H groups in total. The van der Waals surface area contributed by atoms with Gasteiger partial charge in [0.2, 0.25) is 0 Å². The van der Waals surface area contributed by atoms with Crippen molar-refractivity contribution in [2.75, 3.05) is 0 Å². The van der Waals surface area contributed by atoms with Gasteiger partial charge in [0.05, 0.1) is 11.3 Å². The smallest absolute Gasteiger partial charge is 0.442 e. The number of fused-ring (bicyclic) bond motifs is 18. The predicted molar refractivity (Wildman–Crippen MR) is 243 cm³/mol. The van der Waals surface area contributed by atoms with E-state index in [-0.39, 0.29) is 42.1 Å². The summed E-state index contributed by atoms with van der Waals surface area (Å²) in [6.07, 6.45) is 11.2. The van der Waals surface area contributed by atoms with Crippen LogP contribution in [0, 0.1) is 12.1 Å². The third kappa shape index (κ3) is 7.21. The number of pyridine rings is 4. The molecule has 62 heavy (non-hydrogen) atoms. The summed E-state index contributed by atoms with van der Waals surface area (Å²) in [6, 6.07) is 59.7. The molecule has 8 aromatic heterocycles. The molecule has 8 nitrogen and oxygen atoms in total. The van der Waals surface area contributed by atoms with Gasteiger partial charge in [-0.3, -0.25) is 9.97 Å². The minimum atomic E-state index is 0. The third-order valence-electron chi connectivity index (χ3n) is 10.8. The molecule has 300 valence electrons. The van der Waals surface area contributed by atoms with Gasteiger partial charge in [-0.05, 0) is 55.5 Å². The van der Waals surface area contributed by atoms with Crippen LogP contribution in [0.4, 0.5) is 0 Å². The number of para-hydroxylation sites is 4. The first-order chi connectivity index (χ1) is 29.8. The topological polar surface area (TPSA) is 88.6 Å². The van der Waals surface area contributed by atoms with E-state index in [2.05, 4.69) is 136 Å². The van der Waals surface area contributed by atoms with Gasteiger partial charge in [-0.1, -0.05) is 144 Å². The Bertz CT molecular complexity index is 3340. The quantitative estimate of drug-likeness (QED) is 0.111. The molecule has 6 aromatic carbocycles. The van der Waals surface area contributed by atoms with Gasteiger partial charge in [0.15, 0.2) is 0 Å². The van der Waals surface area contributed by atoms with E-state index < -0.39 is 0 Å². The van der Waals surface area contributed by atoms with Crippen molar-refractivity contribution in [1.82, 2.24) is 38.7 Å². The molecule has 0 aliphatic heterocycles. The van der Waals surface area contributed by atoms with E-state index in [1.54, 1.807) is 12.4 Å². The van der Waals surface area contributed by atoms with Crippen LogP contribution in [0.25, 0.3) is 98.5 Å². The normalized spacial score (nSPS) is 11.0. The number of rotatable bonds is 0. The number of hydrogen-bond acceptors (Lipinski definition) is 4. The van der Waals surface area contributed by atoms with Gasteiger partial charge in [-0.2, -0.15) is 0 Å². The number of benzene rings is 6. The summed E-state index contributed by atoms with van der Waals surface area (Å²) in [5.74, 6) is 0. The second-order valence-corrected chi connectivity index (χ2v) is 14.2. The molecule has 0 amide bonds. The Morgan fingerprint density at radius 3 is 1.21 bits per heavy atom. The van der Waals surface area contributed by atoms with Crippen molar-refractivity contribution in [3.8, 4) is 0 Å². The van der Waals surface area contributed by atoms with Crippen LogP contribution in [0.2, 0.25) is 0 Å². The first-order valence-corrected chi connectivity index (χ1v) is 19.6. The average Bonchev–Trinajstić information content (AvgIpc) is 4.15. The van der Waals surface area contributed by atoms with Crippen LogP contribution in [0.15, 0.2) is 195 Å². The number of hydrogen-bond donors (Lipinski definition) is 0. The van der Waals surface area contributed by atoms with Crippen molar-refractivity contribution in [2.24, 2.45) is 0 Å². The second-order valence-electron chi connectivity index (χ2n) is 14.2. The Hall–Kier alpha value is -6.98. The van der Waals surface area contributed by atoms with Crippen LogP contribution in [0.1, 0.15) is 0 Å². The Kier molecular flexibility index (Phi) is 11.4. The van der Waals surface area contributed by atoms with E-state index in [0.717, 1.165) is 55.2 Å². The number of imidazole rings is 2. The minimum absolute atomic E-state index is 0. The van der Waals surface area contributed by atoms with Crippen molar-refractivity contribution in [3.05, 3.63) is 207 Å². The maximum Gasteiger partial charge on any atom is 2.00 e. The van der Waals surface area contributed by atoms with E-state index in [9.17, 15) is 0 Å². The molecule has 14 aromatic rings. The van der Waals surface area contributed by atoms with Crippen LogP contribution in [-0.4, -0.2) is 28.7 Å². The summed E-state index contributed by atoms with van der Waals surface area (Å²) in [5, 5.41) is 11.7. The summed E-state index contributed by atoms with van der Waals surface area (Å²) in [4.78, 5) is 26.1. The fourth-order valence-electron chi connectivity index (χ4n) is 8.10. The fourth-order valence-corrected chi connectivity index (χ4v) is 8.10. The Labute approximate surface area is 383 Å². The fraction of sp³-hybridized carbons (Fsp3) is 0. The Morgan fingerprint density at radius 1 is 0.355 bits per heavy atom. The zero-order valence-electron chi connectivity index (χ0n) is 32.7. The standard InChI is InChI=1S/2C15H9N2.2C11H7N2.2Pt/c2*1-2-7-13-11(5-1)12-6-3-4-8-14(12)17-10-9-16-15(13)17;2*1-2-6-10-8(4-1)9-5-3-7-12-11(9)13-10;;/h2*1-6,8-10H;2*1-7H;;/q4*-1;2*+2. The van der Waals surface area contributed by atoms with E-state index in [1.165, 1.54) is 43.4 Å².